The van der Waals surface area contributed by atoms with E-state index in [2.05, 4.69) is 0 Å². The zero-order valence-corrected chi connectivity index (χ0v) is 10.4. The van der Waals surface area contributed by atoms with Crippen LogP contribution in [0.1, 0.15) is 12.5 Å². The second-order valence-electron chi connectivity index (χ2n) is 4.03. The molecule has 0 saturated carbocycles. The van der Waals surface area contributed by atoms with Gasteiger partial charge in [-0.2, -0.15) is 13.2 Å². The number of aliphatic carboxylic acids is 1. The lowest BCUT2D eigenvalue weighted by atomic mass is 10.0. The van der Waals surface area contributed by atoms with Crippen molar-refractivity contribution in [2.75, 3.05) is 0 Å². The van der Waals surface area contributed by atoms with Crippen molar-refractivity contribution < 1.29 is 27.5 Å². The summed E-state index contributed by atoms with van der Waals surface area (Å²) in [5.41, 5.74) is -2.85. The van der Waals surface area contributed by atoms with Gasteiger partial charge in [-0.15, -0.1) is 0 Å². The highest BCUT2D eigenvalue weighted by molar-refractivity contribution is 6.30. The van der Waals surface area contributed by atoms with Gasteiger partial charge in [-0.05, 0) is 24.6 Å². The minimum atomic E-state index is -4.97. The third-order valence-electron chi connectivity index (χ3n) is 2.62. The van der Waals surface area contributed by atoms with E-state index in [1.165, 1.54) is 6.07 Å². The number of carboxylic acid groups (broad SMARTS) is 1. The molecule has 0 saturated heterocycles. The molecule has 106 valence electrons. The largest absolute Gasteiger partial charge is 0.480 e. The molecular formula is C11H10ClF4NO2. The summed E-state index contributed by atoms with van der Waals surface area (Å²) >= 11 is 5.47. The molecule has 0 aliphatic carbocycles. The first-order valence-electron chi connectivity index (χ1n) is 5.07. The van der Waals surface area contributed by atoms with Gasteiger partial charge in [0.2, 0.25) is 5.54 Å². The molecule has 2 N–H and O–H groups in total. The molecule has 3 nitrogen and oxygen atoms in total. The fourth-order valence-electron chi connectivity index (χ4n) is 1.23. The van der Waals surface area contributed by atoms with Gasteiger partial charge in [-0.1, -0.05) is 17.7 Å². The quantitative estimate of drug-likeness (QED) is 0.840. The summed E-state index contributed by atoms with van der Waals surface area (Å²) in [7, 11) is 0. The second-order valence-corrected chi connectivity index (χ2v) is 4.44. The maximum Gasteiger partial charge on any atom is 0.417 e. The Kier molecular flexibility index (Phi) is 4.42. The van der Waals surface area contributed by atoms with Gasteiger partial charge in [0.1, 0.15) is 5.82 Å². The van der Waals surface area contributed by atoms with Crippen LogP contribution in [0.15, 0.2) is 18.2 Å². The Morgan fingerprint density at radius 3 is 2.42 bits per heavy atom. The van der Waals surface area contributed by atoms with Gasteiger partial charge in [0, 0.05) is 6.54 Å². The highest BCUT2D eigenvalue weighted by Gasteiger charge is 2.57. The van der Waals surface area contributed by atoms with Gasteiger partial charge in [0.25, 0.3) is 0 Å². The Bertz CT molecular complexity index is 492. The van der Waals surface area contributed by atoms with Crippen LogP contribution in [0, 0.1) is 5.82 Å². The molecule has 1 atom stereocenters. The standard InChI is InChI=1S/C11H10ClF4NO2/c1-10(9(18)19,11(14,15)16)17-5-6-2-3-8(13)7(12)4-6/h2-4,17H,5H2,1H3,(H,18,19). The summed E-state index contributed by atoms with van der Waals surface area (Å²) in [6.45, 7) is 0.1000. The Morgan fingerprint density at radius 1 is 1.42 bits per heavy atom. The summed E-state index contributed by atoms with van der Waals surface area (Å²) in [6, 6.07) is 3.33. The summed E-state index contributed by atoms with van der Waals surface area (Å²) in [5.74, 6) is -2.75. The summed E-state index contributed by atoms with van der Waals surface area (Å²) < 4.78 is 50.9. The van der Waals surface area contributed by atoms with Crippen molar-refractivity contribution in [1.82, 2.24) is 5.32 Å². The molecule has 0 bridgehead atoms. The average Bonchev–Trinajstić information content (AvgIpc) is 2.28. The molecule has 0 spiro atoms. The van der Waals surface area contributed by atoms with Gasteiger partial charge in [-0.3, -0.25) is 5.32 Å². The highest BCUT2D eigenvalue weighted by atomic mass is 35.5. The number of alkyl halides is 3. The van der Waals surface area contributed by atoms with Crippen LogP contribution in [0.5, 0.6) is 0 Å². The van der Waals surface area contributed by atoms with Crippen molar-refractivity contribution in [1.29, 1.82) is 0 Å². The van der Waals surface area contributed by atoms with Crippen molar-refractivity contribution in [3.05, 3.63) is 34.6 Å². The number of nitrogens with one attached hydrogen (secondary N) is 1. The lowest BCUT2D eigenvalue weighted by Crippen LogP contribution is -2.59. The molecule has 0 aliphatic rings. The van der Waals surface area contributed by atoms with Gasteiger partial charge >= 0.3 is 12.1 Å². The van der Waals surface area contributed by atoms with E-state index in [0.717, 1.165) is 12.1 Å². The monoisotopic (exact) mass is 299 g/mol. The van der Waals surface area contributed by atoms with Gasteiger partial charge in [0.15, 0.2) is 0 Å². The molecule has 1 unspecified atom stereocenters. The molecule has 8 heteroatoms. The van der Waals surface area contributed by atoms with E-state index in [0.29, 0.717) is 6.92 Å². The molecular weight excluding hydrogens is 290 g/mol. The number of carboxylic acids is 1. The van der Waals surface area contributed by atoms with Gasteiger partial charge in [-0.25, -0.2) is 9.18 Å². The van der Waals surface area contributed by atoms with Crippen LogP contribution in [-0.4, -0.2) is 22.8 Å². The molecule has 0 aliphatic heterocycles. The first-order valence-corrected chi connectivity index (χ1v) is 5.45. The molecule has 1 aromatic rings. The van der Waals surface area contributed by atoms with Crippen molar-refractivity contribution >= 4 is 17.6 Å². The Balaban J connectivity index is 2.89. The number of rotatable bonds is 4. The number of halogens is 5. The minimum Gasteiger partial charge on any atom is -0.480 e. The zero-order valence-electron chi connectivity index (χ0n) is 9.68. The van der Waals surface area contributed by atoms with Crippen molar-refractivity contribution in [3.63, 3.8) is 0 Å². The molecule has 1 aromatic carbocycles. The van der Waals surface area contributed by atoms with Crippen molar-refractivity contribution in [2.45, 2.75) is 25.2 Å². The Morgan fingerprint density at radius 2 is 2.00 bits per heavy atom. The molecule has 0 radical (unpaired) electrons. The lowest BCUT2D eigenvalue weighted by Gasteiger charge is -2.28. The number of carbonyl (C=O) groups is 1. The van der Waals surface area contributed by atoms with E-state index in [4.69, 9.17) is 16.7 Å². The van der Waals surface area contributed by atoms with E-state index < -0.39 is 30.0 Å². The normalized spacial score (nSPS) is 15.1. The molecule has 19 heavy (non-hydrogen) atoms. The smallest absolute Gasteiger partial charge is 0.417 e. The lowest BCUT2D eigenvalue weighted by molar-refractivity contribution is -0.206. The van der Waals surface area contributed by atoms with Crippen molar-refractivity contribution in [3.8, 4) is 0 Å². The van der Waals surface area contributed by atoms with E-state index >= 15 is 0 Å². The fraction of sp³-hybridized carbons (Fsp3) is 0.364. The Labute approximate surface area is 111 Å². The SMILES string of the molecule is CC(NCc1ccc(F)c(Cl)c1)(C(=O)O)C(F)(F)F. The number of benzene rings is 1. The molecule has 0 fully saturated rings. The molecule has 0 amide bonds. The zero-order chi connectivity index (χ0) is 14.8. The van der Waals surface area contributed by atoms with E-state index in [-0.39, 0.29) is 10.6 Å². The first kappa shape index (κ1) is 15.7. The maximum atomic E-state index is 12.9. The molecule has 1 rings (SSSR count). The topological polar surface area (TPSA) is 49.3 Å². The van der Waals surface area contributed by atoms with Crippen LogP contribution in [0.3, 0.4) is 0 Å². The van der Waals surface area contributed by atoms with Crippen LogP contribution >= 0.6 is 11.6 Å². The van der Waals surface area contributed by atoms with Crippen LogP contribution < -0.4 is 5.32 Å². The van der Waals surface area contributed by atoms with Crippen LogP contribution in [0.2, 0.25) is 5.02 Å². The summed E-state index contributed by atoms with van der Waals surface area (Å²) in [6.07, 6.45) is -4.97. The predicted octanol–water partition coefficient (Wildman–Crippen LogP) is 2.97. The minimum absolute atomic E-state index is 0.239. The van der Waals surface area contributed by atoms with Crippen LogP contribution in [-0.2, 0) is 11.3 Å². The van der Waals surface area contributed by atoms with E-state index in [1.54, 1.807) is 0 Å². The average molecular weight is 300 g/mol. The third kappa shape index (κ3) is 3.36. The maximum absolute atomic E-state index is 12.9. The molecule has 0 aromatic heterocycles. The predicted molar refractivity (Wildman–Crippen MR) is 60.3 cm³/mol. The summed E-state index contributed by atoms with van der Waals surface area (Å²) in [4.78, 5) is 10.7. The fourth-order valence-corrected chi connectivity index (χ4v) is 1.43. The van der Waals surface area contributed by atoms with E-state index in [9.17, 15) is 22.4 Å². The molecule has 0 heterocycles. The number of hydrogen-bond donors (Lipinski definition) is 2. The van der Waals surface area contributed by atoms with Gasteiger partial charge < -0.3 is 5.11 Å². The van der Waals surface area contributed by atoms with Crippen LogP contribution in [0.25, 0.3) is 0 Å². The van der Waals surface area contributed by atoms with Crippen LogP contribution in [0.4, 0.5) is 17.6 Å². The summed E-state index contributed by atoms with van der Waals surface area (Å²) in [5, 5.41) is 10.3. The highest BCUT2D eigenvalue weighted by Crippen LogP contribution is 2.30. The van der Waals surface area contributed by atoms with E-state index in [1.807, 2.05) is 5.32 Å². The first-order chi connectivity index (χ1) is 8.58. The third-order valence-corrected chi connectivity index (χ3v) is 2.91. The number of hydrogen-bond acceptors (Lipinski definition) is 2. The second kappa shape index (κ2) is 5.34. The Hall–Kier alpha value is -1.34. The van der Waals surface area contributed by atoms with Crippen molar-refractivity contribution in [2.24, 2.45) is 0 Å². The van der Waals surface area contributed by atoms with Gasteiger partial charge in [0.05, 0.1) is 5.02 Å².